The second-order valence-electron chi connectivity index (χ2n) is 3.46. The Morgan fingerprint density at radius 3 is 2.68 bits per heavy atom. The molecule has 0 saturated heterocycles. The zero-order valence-corrected chi connectivity index (χ0v) is 11.0. The summed E-state index contributed by atoms with van der Waals surface area (Å²) >= 11 is 0.312. The number of methoxy groups -OCH3 is 1. The average molecular weight is 289 g/mol. The van der Waals surface area contributed by atoms with Gasteiger partial charge in [0.1, 0.15) is 0 Å². The second kappa shape index (κ2) is 7.73. The van der Waals surface area contributed by atoms with Gasteiger partial charge < -0.3 is 10.1 Å². The Kier molecular flexibility index (Phi) is 6.27. The smallest absolute Gasteiger partial charge is 0.307 e. The summed E-state index contributed by atoms with van der Waals surface area (Å²) in [4.78, 5) is 22.9. The van der Waals surface area contributed by atoms with Crippen molar-refractivity contribution in [3.8, 4) is 0 Å². The maximum absolute atomic E-state index is 12.3. The molecular formula is C12H13F2NO3S. The maximum Gasteiger partial charge on any atom is 0.307 e. The molecule has 0 aromatic heterocycles. The van der Waals surface area contributed by atoms with E-state index >= 15 is 0 Å². The molecule has 0 fully saturated rings. The van der Waals surface area contributed by atoms with Crippen LogP contribution in [-0.4, -0.2) is 31.3 Å². The number of alkyl halides is 2. The van der Waals surface area contributed by atoms with E-state index in [4.69, 9.17) is 0 Å². The summed E-state index contributed by atoms with van der Waals surface area (Å²) in [5, 5.41) is 2.48. The maximum atomic E-state index is 12.3. The summed E-state index contributed by atoms with van der Waals surface area (Å²) < 4.78 is 29.1. The minimum atomic E-state index is -2.59. The van der Waals surface area contributed by atoms with E-state index < -0.39 is 17.6 Å². The summed E-state index contributed by atoms with van der Waals surface area (Å²) in [7, 11) is 1.25. The molecule has 0 aliphatic rings. The average Bonchev–Trinajstić information content (AvgIpc) is 2.38. The quantitative estimate of drug-likeness (QED) is 0.645. The Balaban J connectivity index is 2.63. The first-order valence-corrected chi connectivity index (χ1v) is 6.31. The van der Waals surface area contributed by atoms with Gasteiger partial charge in [0, 0.05) is 11.4 Å². The third-order valence-corrected chi connectivity index (χ3v) is 2.98. The predicted molar refractivity (Wildman–Crippen MR) is 67.3 cm³/mol. The van der Waals surface area contributed by atoms with Gasteiger partial charge in [-0.05, 0) is 12.1 Å². The fraction of sp³-hybridized carbons (Fsp3) is 0.333. The van der Waals surface area contributed by atoms with Crippen molar-refractivity contribution >= 4 is 23.6 Å². The molecule has 0 spiro atoms. The van der Waals surface area contributed by atoms with Gasteiger partial charge in [0.05, 0.1) is 19.1 Å². The van der Waals surface area contributed by atoms with E-state index in [1.54, 1.807) is 12.1 Å². The number of esters is 1. The molecule has 0 bridgehead atoms. The Bertz CT molecular complexity index is 454. The van der Waals surface area contributed by atoms with E-state index in [0.717, 1.165) is 0 Å². The molecule has 1 aromatic carbocycles. The van der Waals surface area contributed by atoms with Crippen molar-refractivity contribution < 1.29 is 23.1 Å². The van der Waals surface area contributed by atoms with Crippen LogP contribution >= 0.6 is 11.8 Å². The minimum absolute atomic E-state index is 0.0341. The highest BCUT2D eigenvalue weighted by Gasteiger charge is 2.15. The number of rotatable bonds is 6. The first-order valence-electron chi connectivity index (χ1n) is 5.43. The van der Waals surface area contributed by atoms with Gasteiger partial charge >= 0.3 is 5.97 Å². The zero-order valence-electron chi connectivity index (χ0n) is 10.2. The van der Waals surface area contributed by atoms with E-state index in [-0.39, 0.29) is 23.4 Å². The number of hydrogen-bond acceptors (Lipinski definition) is 4. The van der Waals surface area contributed by atoms with Crippen molar-refractivity contribution in [2.45, 2.75) is 17.1 Å². The molecule has 0 radical (unpaired) electrons. The Hall–Kier alpha value is -1.63. The van der Waals surface area contributed by atoms with Gasteiger partial charge in [-0.15, -0.1) is 0 Å². The van der Waals surface area contributed by atoms with Crippen molar-refractivity contribution in [2.75, 3.05) is 13.7 Å². The molecule has 0 heterocycles. The van der Waals surface area contributed by atoms with Crippen LogP contribution in [0.3, 0.4) is 0 Å². The normalized spacial score (nSPS) is 10.3. The van der Waals surface area contributed by atoms with Crippen LogP contribution in [0, 0.1) is 0 Å². The molecule has 1 amide bonds. The van der Waals surface area contributed by atoms with Gasteiger partial charge in [-0.25, -0.2) is 0 Å². The van der Waals surface area contributed by atoms with Crippen molar-refractivity contribution in [1.29, 1.82) is 0 Å². The third-order valence-electron chi connectivity index (χ3n) is 2.19. The fourth-order valence-corrected chi connectivity index (χ4v) is 1.97. The van der Waals surface area contributed by atoms with Crippen LogP contribution in [0.25, 0.3) is 0 Å². The van der Waals surface area contributed by atoms with Crippen molar-refractivity contribution in [2.24, 2.45) is 0 Å². The van der Waals surface area contributed by atoms with Gasteiger partial charge in [-0.3, -0.25) is 9.59 Å². The molecule has 0 saturated carbocycles. The molecule has 19 heavy (non-hydrogen) atoms. The lowest BCUT2D eigenvalue weighted by atomic mass is 10.2. The molecule has 1 aromatic rings. The highest BCUT2D eigenvalue weighted by molar-refractivity contribution is 7.99. The molecule has 0 aliphatic carbocycles. The number of carbonyl (C=O) groups excluding carboxylic acids is 2. The lowest BCUT2D eigenvalue weighted by Crippen LogP contribution is -2.26. The van der Waals surface area contributed by atoms with E-state index in [1.165, 1.54) is 19.2 Å². The largest absolute Gasteiger partial charge is 0.469 e. The highest BCUT2D eigenvalue weighted by atomic mass is 32.2. The number of ether oxygens (including phenoxy) is 1. The minimum Gasteiger partial charge on any atom is -0.469 e. The molecule has 1 rings (SSSR count). The molecular weight excluding hydrogens is 276 g/mol. The molecule has 4 nitrogen and oxygen atoms in total. The zero-order chi connectivity index (χ0) is 14.3. The van der Waals surface area contributed by atoms with Crippen LogP contribution in [0.1, 0.15) is 16.8 Å². The summed E-state index contributed by atoms with van der Waals surface area (Å²) in [5.74, 6) is -3.53. The number of benzene rings is 1. The molecule has 1 N–H and O–H groups in total. The SMILES string of the molecule is COC(=O)CCNC(=O)c1ccccc1SC(F)F. The lowest BCUT2D eigenvalue weighted by Gasteiger charge is -2.09. The van der Waals surface area contributed by atoms with Gasteiger partial charge in [0.15, 0.2) is 0 Å². The van der Waals surface area contributed by atoms with Gasteiger partial charge in [0.2, 0.25) is 0 Å². The summed E-state index contributed by atoms with van der Waals surface area (Å²) in [6.45, 7) is 0.0964. The second-order valence-corrected chi connectivity index (χ2v) is 4.49. The molecule has 0 aliphatic heterocycles. The number of nitrogens with one attached hydrogen (secondary N) is 1. The topological polar surface area (TPSA) is 55.4 Å². The Morgan fingerprint density at radius 1 is 1.37 bits per heavy atom. The highest BCUT2D eigenvalue weighted by Crippen LogP contribution is 2.28. The number of amides is 1. The Morgan fingerprint density at radius 2 is 2.05 bits per heavy atom. The third kappa shape index (κ3) is 5.25. The number of halogens is 2. The van der Waals surface area contributed by atoms with Crippen LogP contribution in [0.2, 0.25) is 0 Å². The van der Waals surface area contributed by atoms with Gasteiger partial charge in [0.25, 0.3) is 11.7 Å². The summed E-state index contributed by atoms with van der Waals surface area (Å²) in [5.41, 5.74) is 0.165. The number of carbonyl (C=O) groups is 2. The summed E-state index contributed by atoms with van der Waals surface area (Å²) in [6.07, 6.45) is 0.0341. The predicted octanol–water partition coefficient (Wildman–Crippen LogP) is 2.29. The molecule has 0 atom stereocenters. The van der Waals surface area contributed by atoms with E-state index in [2.05, 4.69) is 10.1 Å². The van der Waals surface area contributed by atoms with E-state index in [0.29, 0.717) is 11.8 Å². The van der Waals surface area contributed by atoms with E-state index in [1.807, 2.05) is 0 Å². The molecule has 0 unspecified atom stereocenters. The van der Waals surface area contributed by atoms with E-state index in [9.17, 15) is 18.4 Å². The Labute approximate surface area is 113 Å². The number of thioether (sulfide) groups is 1. The van der Waals surface area contributed by atoms with Crippen molar-refractivity contribution in [3.05, 3.63) is 29.8 Å². The first kappa shape index (κ1) is 15.4. The fourth-order valence-electron chi connectivity index (χ4n) is 1.33. The van der Waals surface area contributed by atoms with Crippen molar-refractivity contribution in [3.63, 3.8) is 0 Å². The van der Waals surface area contributed by atoms with Gasteiger partial charge in [-0.1, -0.05) is 23.9 Å². The standard InChI is InChI=1S/C12H13F2NO3S/c1-18-10(16)6-7-15-11(17)8-4-2-3-5-9(8)19-12(13)14/h2-5,12H,6-7H2,1H3,(H,15,17). The number of hydrogen-bond donors (Lipinski definition) is 1. The van der Waals surface area contributed by atoms with Crippen LogP contribution < -0.4 is 5.32 Å². The monoisotopic (exact) mass is 289 g/mol. The lowest BCUT2D eigenvalue weighted by molar-refractivity contribution is -0.140. The first-order chi connectivity index (χ1) is 9.04. The van der Waals surface area contributed by atoms with Crippen LogP contribution in [0.15, 0.2) is 29.2 Å². The van der Waals surface area contributed by atoms with Gasteiger partial charge in [-0.2, -0.15) is 8.78 Å². The van der Waals surface area contributed by atoms with Crippen LogP contribution in [-0.2, 0) is 9.53 Å². The van der Waals surface area contributed by atoms with Crippen LogP contribution in [0.4, 0.5) is 8.78 Å². The van der Waals surface area contributed by atoms with Crippen molar-refractivity contribution in [1.82, 2.24) is 5.32 Å². The van der Waals surface area contributed by atoms with Crippen LogP contribution in [0.5, 0.6) is 0 Å². The molecule has 104 valence electrons. The summed E-state index contributed by atoms with van der Waals surface area (Å²) in [6, 6.07) is 6.07. The molecule has 7 heteroatoms.